The Balaban J connectivity index is 1.47. The van der Waals surface area contributed by atoms with Crippen molar-refractivity contribution >= 4 is 34.5 Å². The molecule has 0 radical (unpaired) electrons. The molecule has 152 valence electrons. The predicted molar refractivity (Wildman–Crippen MR) is 116 cm³/mol. The van der Waals surface area contributed by atoms with Gasteiger partial charge in [0.2, 0.25) is 0 Å². The van der Waals surface area contributed by atoms with Gasteiger partial charge in [0.25, 0.3) is 0 Å². The van der Waals surface area contributed by atoms with Gasteiger partial charge in [0.1, 0.15) is 5.52 Å². The first-order chi connectivity index (χ1) is 14.0. The number of ether oxygens (including phenoxy) is 1. The summed E-state index contributed by atoms with van der Waals surface area (Å²) in [6, 6.07) is 7.67. The van der Waals surface area contributed by atoms with Crippen LogP contribution in [0.25, 0.3) is 16.8 Å². The van der Waals surface area contributed by atoms with Crippen molar-refractivity contribution in [3.8, 4) is 11.3 Å². The van der Waals surface area contributed by atoms with Crippen molar-refractivity contribution in [1.82, 2.24) is 14.6 Å². The molecule has 2 atom stereocenters. The first kappa shape index (κ1) is 19.1. The molecule has 2 aromatic heterocycles. The minimum atomic E-state index is 0.0840. The van der Waals surface area contributed by atoms with E-state index in [1.54, 1.807) is 12.3 Å². The van der Waals surface area contributed by atoms with Gasteiger partial charge in [-0.15, -0.1) is 0 Å². The molecule has 5 rings (SSSR count). The molecule has 2 N–H and O–H groups in total. The summed E-state index contributed by atoms with van der Waals surface area (Å²) in [7, 11) is 0. The summed E-state index contributed by atoms with van der Waals surface area (Å²) in [5.74, 6) is 0.930. The van der Waals surface area contributed by atoms with Crippen LogP contribution in [0.4, 0.5) is 5.82 Å². The predicted octanol–water partition coefficient (Wildman–Crippen LogP) is 4.04. The molecule has 1 aromatic carbocycles. The molecular formula is C21H23Cl2N5O. The molecular weight excluding hydrogens is 409 g/mol. The third-order valence-corrected chi connectivity index (χ3v) is 7.36. The first-order valence-electron chi connectivity index (χ1n) is 9.89. The van der Waals surface area contributed by atoms with E-state index < -0.39 is 0 Å². The van der Waals surface area contributed by atoms with Gasteiger partial charge in [0.15, 0.2) is 5.82 Å². The average Bonchev–Trinajstić information content (AvgIpc) is 3.32. The molecule has 3 aromatic rings. The van der Waals surface area contributed by atoms with Crippen LogP contribution in [0, 0.1) is 5.41 Å². The highest BCUT2D eigenvalue weighted by Crippen LogP contribution is 2.42. The Labute approximate surface area is 179 Å². The van der Waals surface area contributed by atoms with Gasteiger partial charge < -0.3 is 15.4 Å². The average molecular weight is 432 g/mol. The maximum atomic E-state index is 6.46. The molecule has 0 aliphatic carbocycles. The second kappa shape index (κ2) is 7.13. The molecule has 0 bridgehead atoms. The lowest BCUT2D eigenvalue weighted by Gasteiger charge is -2.41. The van der Waals surface area contributed by atoms with Gasteiger partial charge in [-0.25, -0.2) is 9.50 Å². The molecule has 29 heavy (non-hydrogen) atoms. The minimum Gasteiger partial charge on any atom is -0.376 e. The third-order valence-electron chi connectivity index (χ3n) is 6.54. The summed E-state index contributed by atoms with van der Waals surface area (Å²) in [6.45, 7) is 4.62. The highest BCUT2D eigenvalue weighted by Gasteiger charge is 2.47. The van der Waals surface area contributed by atoms with Crippen LogP contribution in [0.15, 0.2) is 36.7 Å². The van der Waals surface area contributed by atoms with E-state index in [2.05, 4.69) is 16.9 Å². The largest absolute Gasteiger partial charge is 0.376 e. The number of rotatable bonds is 2. The van der Waals surface area contributed by atoms with Crippen molar-refractivity contribution in [2.45, 2.75) is 31.9 Å². The van der Waals surface area contributed by atoms with E-state index in [1.165, 1.54) is 0 Å². The lowest BCUT2D eigenvalue weighted by Crippen LogP contribution is -2.50. The molecule has 1 spiro atoms. The van der Waals surface area contributed by atoms with Crippen molar-refractivity contribution in [3.05, 3.63) is 46.7 Å². The van der Waals surface area contributed by atoms with E-state index in [4.69, 9.17) is 38.7 Å². The Kier molecular flexibility index (Phi) is 4.70. The highest BCUT2D eigenvalue weighted by atomic mass is 35.5. The number of hydrogen-bond donors (Lipinski definition) is 1. The van der Waals surface area contributed by atoms with E-state index in [1.807, 2.05) is 28.9 Å². The van der Waals surface area contributed by atoms with Crippen molar-refractivity contribution in [3.63, 3.8) is 0 Å². The number of nitrogens with two attached hydrogens (primary N) is 1. The van der Waals surface area contributed by atoms with Crippen LogP contribution in [-0.4, -0.2) is 46.4 Å². The van der Waals surface area contributed by atoms with Gasteiger partial charge in [0, 0.05) is 30.1 Å². The summed E-state index contributed by atoms with van der Waals surface area (Å²) in [4.78, 5) is 7.12. The number of fused-ring (bicyclic) bond motifs is 1. The van der Waals surface area contributed by atoms with Crippen LogP contribution >= 0.6 is 23.2 Å². The highest BCUT2D eigenvalue weighted by molar-refractivity contribution is 6.43. The number of piperidine rings is 1. The molecule has 2 fully saturated rings. The molecule has 2 aliphatic heterocycles. The molecule has 6 nitrogen and oxygen atoms in total. The zero-order valence-electron chi connectivity index (χ0n) is 16.2. The summed E-state index contributed by atoms with van der Waals surface area (Å²) in [6.07, 6.45) is 5.74. The number of benzene rings is 1. The topological polar surface area (TPSA) is 68.7 Å². The number of halogens is 2. The Morgan fingerprint density at radius 1 is 1.21 bits per heavy atom. The van der Waals surface area contributed by atoms with E-state index >= 15 is 0 Å². The lowest BCUT2D eigenvalue weighted by atomic mass is 9.73. The number of hydrogen-bond acceptors (Lipinski definition) is 5. The molecule has 0 amide bonds. The summed E-state index contributed by atoms with van der Waals surface area (Å²) < 4.78 is 7.73. The molecule has 8 heteroatoms. The van der Waals surface area contributed by atoms with Crippen LogP contribution < -0.4 is 10.6 Å². The van der Waals surface area contributed by atoms with Gasteiger partial charge in [-0.1, -0.05) is 35.3 Å². The fraction of sp³-hybridized carbons (Fsp3) is 0.429. The van der Waals surface area contributed by atoms with Crippen molar-refractivity contribution in [1.29, 1.82) is 0 Å². The lowest BCUT2D eigenvalue weighted by molar-refractivity contribution is 0.0974. The van der Waals surface area contributed by atoms with Gasteiger partial charge in [-0.2, -0.15) is 5.10 Å². The van der Waals surface area contributed by atoms with E-state index in [0.29, 0.717) is 10.0 Å². The molecule has 2 aliphatic rings. The smallest absolute Gasteiger partial charge is 0.154 e. The van der Waals surface area contributed by atoms with Crippen LogP contribution in [-0.2, 0) is 4.74 Å². The standard InChI is InChI=1S/C21H23Cl2N5O/c1-13-19(24)21(12-29-13)6-9-27(10-7-21)20-16-5-8-26-28(16)17(11-25-20)14-3-2-4-15(22)18(14)23/h2-5,8,11,13,19H,6-7,9-10,12,24H2,1H3/t13-,19+/m0/s1. The van der Waals surface area contributed by atoms with Gasteiger partial charge in [-0.05, 0) is 31.9 Å². The summed E-state index contributed by atoms with van der Waals surface area (Å²) >= 11 is 12.7. The quantitative estimate of drug-likeness (QED) is 0.662. The van der Waals surface area contributed by atoms with Crippen LogP contribution in [0.3, 0.4) is 0 Å². The zero-order chi connectivity index (χ0) is 20.2. The first-order valence-corrected chi connectivity index (χ1v) is 10.6. The normalized spacial score (nSPS) is 23.9. The fourth-order valence-electron chi connectivity index (χ4n) is 4.67. The number of aromatic nitrogens is 3. The maximum Gasteiger partial charge on any atom is 0.154 e. The van der Waals surface area contributed by atoms with Crippen molar-refractivity contribution in [2.75, 3.05) is 24.6 Å². The second-order valence-electron chi connectivity index (χ2n) is 8.09. The fourth-order valence-corrected chi connectivity index (χ4v) is 5.07. The Morgan fingerprint density at radius 2 is 2.00 bits per heavy atom. The molecule has 0 saturated carbocycles. The van der Waals surface area contributed by atoms with Crippen molar-refractivity contribution < 1.29 is 4.74 Å². The molecule has 0 unspecified atom stereocenters. The van der Waals surface area contributed by atoms with Gasteiger partial charge >= 0.3 is 0 Å². The second-order valence-corrected chi connectivity index (χ2v) is 8.87. The minimum absolute atomic E-state index is 0.0840. The summed E-state index contributed by atoms with van der Waals surface area (Å²) in [5.41, 5.74) is 9.12. The number of nitrogens with zero attached hydrogens (tertiary/aromatic N) is 4. The van der Waals surface area contributed by atoms with E-state index in [0.717, 1.165) is 55.1 Å². The van der Waals surface area contributed by atoms with E-state index in [9.17, 15) is 0 Å². The van der Waals surface area contributed by atoms with Crippen LogP contribution in [0.5, 0.6) is 0 Å². The molecule has 2 saturated heterocycles. The zero-order valence-corrected chi connectivity index (χ0v) is 17.7. The van der Waals surface area contributed by atoms with Crippen LogP contribution in [0.1, 0.15) is 19.8 Å². The van der Waals surface area contributed by atoms with E-state index in [-0.39, 0.29) is 17.6 Å². The Hall–Kier alpha value is -1.86. The summed E-state index contributed by atoms with van der Waals surface area (Å²) in [5, 5.41) is 5.54. The van der Waals surface area contributed by atoms with Gasteiger partial charge in [-0.3, -0.25) is 0 Å². The maximum absolute atomic E-state index is 6.46. The third kappa shape index (κ3) is 3.01. The van der Waals surface area contributed by atoms with Gasteiger partial charge in [0.05, 0.1) is 40.8 Å². The molecule has 4 heterocycles. The number of anilines is 1. The SMILES string of the molecule is C[C@@H]1OCC2(CCN(c3ncc(-c4cccc(Cl)c4Cl)n4nccc34)CC2)[C@@H]1N. The Morgan fingerprint density at radius 3 is 2.72 bits per heavy atom. The Bertz CT molecular complexity index is 1060. The van der Waals surface area contributed by atoms with Crippen molar-refractivity contribution in [2.24, 2.45) is 11.1 Å². The van der Waals surface area contributed by atoms with Crippen LogP contribution in [0.2, 0.25) is 10.0 Å². The monoisotopic (exact) mass is 431 g/mol.